The van der Waals surface area contributed by atoms with Gasteiger partial charge in [-0.2, -0.15) is 10.2 Å². The fourth-order valence-corrected chi connectivity index (χ4v) is 9.40. The first-order chi connectivity index (χ1) is 25.7. The number of H-pyrrole nitrogens is 2. The molecule has 252 valence electrons. The van der Waals surface area contributed by atoms with Crippen LogP contribution >= 0.6 is 22.7 Å². The van der Waals surface area contributed by atoms with Crippen molar-refractivity contribution in [3.63, 3.8) is 0 Å². The summed E-state index contributed by atoms with van der Waals surface area (Å²) in [5.41, 5.74) is 11.1. The summed E-state index contributed by atoms with van der Waals surface area (Å²) in [7, 11) is 0. The van der Waals surface area contributed by atoms with Gasteiger partial charge in [0.2, 0.25) is 0 Å². The Bertz CT molecular complexity index is 2270. The van der Waals surface area contributed by atoms with Crippen molar-refractivity contribution in [1.82, 2.24) is 30.4 Å². The molecule has 0 saturated carbocycles. The Kier molecular flexibility index (Phi) is 8.39. The highest BCUT2D eigenvalue weighted by Crippen LogP contribution is 2.46. The Labute approximate surface area is 310 Å². The van der Waals surface area contributed by atoms with Crippen LogP contribution in [0.5, 0.6) is 0 Å². The van der Waals surface area contributed by atoms with E-state index in [0.717, 1.165) is 35.4 Å². The number of benzene rings is 2. The van der Waals surface area contributed by atoms with Gasteiger partial charge in [0.15, 0.2) is 0 Å². The second kappa shape index (κ2) is 13.6. The zero-order valence-electron chi connectivity index (χ0n) is 28.2. The molecule has 2 N–H and O–H groups in total. The summed E-state index contributed by atoms with van der Waals surface area (Å²) < 4.78 is 0. The number of rotatable bonds is 6. The molecule has 0 spiro atoms. The summed E-state index contributed by atoms with van der Waals surface area (Å²) in [4.78, 5) is 11.0. The van der Waals surface area contributed by atoms with Crippen molar-refractivity contribution in [2.45, 2.75) is 23.7 Å². The molecule has 52 heavy (non-hydrogen) atoms. The number of nitrogens with zero attached hydrogens (tertiary/aromatic N) is 4. The summed E-state index contributed by atoms with van der Waals surface area (Å²) >= 11 is 3.61. The molecule has 0 bridgehead atoms. The van der Waals surface area contributed by atoms with Crippen molar-refractivity contribution in [2.75, 3.05) is 0 Å². The fraction of sp³-hybridized carbons (Fsp3) is 0.0909. The minimum Gasteiger partial charge on any atom is -0.281 e. The molecule has 0 aliphatic heterocycles. The first-order valence-electron chi connectivity index (χ1n) is 17.3. The van der Waals surface area contributed by atoms with E-state index in [2.05, 4.69) is 156 Å². The van der Waals surface area contributed by atoms with Gasteiger partial charge in [-0.25, -0.2) is 0 Å². The number of aromatic nitrogens is 6. The standard InChI is InChI=1S/2C22H17N3S/c1-2-7-17(8-3-1)22(20-9-5-13-26-20)11-10-18-19(14-22)24-25-21(18)16-6-4-12-23-15-16;1-2-5-17(6-3-1)22(20-7-4-14-26-20)11-8-18-19(15-22)24-25-21(18)16-9-12-23-13-10-16/h1-13,15H,14H2,(H,24,25);1-14H,15H2,(H,24,25). The SMILES string of the molecule is C1=CC(c2ccccc2)(c2cccs2)Cc2[nH]nc(-c3cccnc3)c21.C1=CC(c2ccccc2)(c2cccs2)Cc2[nH]nc(-c3ccncc3)c21. The van der Waals surface area contributed by atoms with Crippen LogP contribution in [0.2, 0.25) is 0 Å². The summed E-state index contributed by atoms with van der Waals surface area (Å²) in [5.74, 6) is 0. The number of thiophene rings is 2. The van der Waals surface area contributed by atoms with Gasteiger partial charge in [0, 0.05) is 81.0 Å². The van der Waals surface area contributed by atoms with Crippen LogP contribution in [0.1, 0.15) is 43.4 Å². The van der Waals surface area contributed by atoms with Crippen LogP contribution in [-0.2, 0) is 23.7 Å². The second-order valence-corrected chi connectivity index (χ2v) is 15.0. The summed E-state index contributed by atoms with van der Waals surface area (Å²) in [6, 6.07) is 38.2. The third-order valence-electron chi connectivity index (χ3n) is 10.1. The molecule has 6 heterocycles. The third kappa shape index (κ3) is 5.66. The number of aromatic amines is 2. The zero-order chi connectivity index (χ0) is 34.8. The maximum absolute atomic E-state index is 4.61. The summed E-state index contributed by atoms with van der Waals surface area (Å²) in [6.07, 6.45) is 18.1. The lowest BCUT2D eigenvalue weighted by atomic mass is 9.72. The van der Waals surface area contributed by atoms with E-state index in [-0.39, 0.29) is 10.8 Å². The van der Waals surface area contributed by atoms with Gasteiger partial charge in [0.25, 0.3) is 0 Å². The quantitative estimate of drug-likeness (QED) is 0.180. The van der Waals surface area contributed by atoms with Crippen molar-refractivity contribution in [3.05, 3.63) is 200 Å². The predicted octanol–water partition coefficient (Wildman–Crippen LogP) is 10.2. The van der Waals surface area contributed by atoms with Crippen LogP contribution in [-0.4, -0.2) is 30.4 Å². The van der Waals surface area contributed by atoms with E-state index in [1.807, 2.05) is 48.1 Å². The van der Waals surface area contributed by atoms with E-state index in [1.165, 1.54) is 43.4 Å². The molecule has 0 radical (unpaired) electrons. The number of hydrogen-bond donors (Lipinski definition) is 2. The van der Waals surface area contributed by atoms with Crippen molar-refractivity contribution in [1.29, 1.82) is 0 Å². The Morgan fingerprint density at radius 1 is 0.500 bits per heavy atom. The van der Waals surface area contributed by atoms with Crippen molar-refractivity contribution >= 4 is 34.8 Å². The zero-order valence-corrected chi connectivity index (χ0v) is 29.8. The number of nitrogens with one attached hydrogen (secondary N) is 2. The van der Waals surface area contributed by atoms with E-state index in [9.17, 15) is 0 Å². The normalized spacial score (nSPS) is 18.6. The van der Waals surface area contributed by atoms with Gasteiger partial charge in [-0.3, -0.25) is 20.2 Å². The summed E-state index contributed by atoms with van der Waals surface area (Å²) in [5, 5.41) is 20.1. The van der Waals surface area contributed by atoms with Crippen LogP contribution in [0, 0.1) is 0 Å². The monoisotopic (exact) mass is 710 g/mol. The van der Waals surface area contributed by atoms with Crippen molar-refractivity contribution in [3.8, 4) is 22.5 Å². The molecule has 8 heteroatoms. The topological polar surface area (TPSA) is 83.1 Å². The first kappa shape index (κ1) is 32.0. The molecule has 0 saturated heterocycles. The highest BCUT2D eigenvalue weighted by molar-refractivity contribution is 7.10. The third-order valence-corrected chi connectivity index (χ3v) is 12.2. The lowest BCUT2D eigenvalue weighted by Gasteiger charge is -2.33. The van der Waals surface area contributed by atoms with Crippen LogP contribution in [0.15, 0.2) is 157 Å². The molecule has 2 aliphatic carbocycles. The minimum absolute atomic E-state index is 0.148. The number of hydrogen-bond acceptors (Lipinski definition) is 6. The lowest BCUT2D eigenvalue weighted by molar-refractivity contribution is 0.633. The number of allylic oxidation sites excluding steroid dienone is 2. The van der Waals surface area contributed by atoms with Gasteiger partial charge >= 0.3 is 0 Å². The van der Waals surface area contributed by atoms with Gasteiger partial charge < -0.3 is 0 Å². The molecular weight excluding hydrogens is 677 g/mol. The fourth-order valence-electron chi connectivity index (χ4n) is 7.54. The highest BCUT2D eigenvalue weighted by atomic mass is 32.1. The molecule has 6 nitrogen and oxygen atoms in total. The van der Waals surface area contributed by atoms with Crippen molar-refractivity contribution < 1.29 is 0 Å². The maximum Gasteiger partial charge on any atom is 0.101 e. The molecule has 2 atom stereocenters. The Morgan fingerprint density at radius 2 is 1.04 bits per heavy atom. The van der Waals surface area contributed by atoms with Gasteiger partial charge in [0.05, 0.1) is 16.5 Å². The van der Waals surface area contributed by atoms with Gasteiger partial charge in [0.1, 0.15) is 5.69 Å². The van der Waals surface area contributed by atoms with Gasteiger partial charge in [-0.05, 0) is 58.3 Å². The highest BCUT2D eigenvalue weighted by Gasteiger charge is 2.38. The van der Waals surface area contributed by atoms with E-state index in [0.29, 0.717) is 0 Å². The van der Waals surface area contributed by atoms with E-state index < -0.39 is 0 Å². The molecule has 6 aromatic heterocycles. The minimum atomic E-state index is -0.152. The van der Waals surface area contributed by atoms with E-state index in [1.54, 1.807) is 17.5 Å². The molecule has 0 amide bonds. The Hall–Kier alpha value is -5.96. The molecule has 2 unspecified atom stereocenters. The molecule has 8 aromatic rings. The number of fused-ring (bicyclic) bond motifs is 2. The molecular formula is C44H34N6S2. The molecule has 2 aromatic carbocycles. The van der Waals surface area contributed by atoms with Gasteiger partial charge in [-0.15, -0.1) is 22.7 Å². The van der Waals surface area contributed by atoms with Crippen molar-refractivity contribution in [2.24, 2.45) is 0 Å². The smallest absolute Gasteiger partial charge is 0.101 e. The van der Waals surface area contributed by atoms with Crippen LogP contribution in [0.25, 0.3) is 34.7 Å². The Morgan fingerprint density at radius 3 is 1.52 bits per heavy atom. The van der Waals surface area contributed by atoms with Gasteiger partial charge in [-0.1, -0.05) is 97.1 Å². The predicted molar refractivity (Wildman–Crippen MR) is 212 cm³/mol. The molecule has 2 aliphatic rings. The lowest BCUT2D eigenvalue weighted by Crippen LogP contribution is -2.29. The summed E-state index contributed by atoms with van der Waals surface area (Å²) in [6.45, 7) is 0. The van der Waals surface area contributed by atoms with Crippen LogP contribution < -0.4 is 0 Å². The average Bonchev–Trinajstić information content (AvgIpc) is 4.07. The van der Waals surface area contributed by atoms with E-state index in [4.69, 9.17) is 0 Å². The molecule has 10 rings (SSSR count). The average molecular weight is 711 g/mol. The van der Waals surface area contributed by atoms with E-state index >= 15 is 0 Å². The Balaban J connectivity index is 0.000000138. The van der Waals surface area contributed by atoms with Crippen LogP contribution in [0.4, 0.5) is 0 Å². The second-order valence-electron chi connectivity index (χ2n) is 13.1. The molecule has 0 fully saturated rings. The van der Waals surface area contributed by atoms with Crippen LogP contribution in [0.3, 0.4) is 0 Å². The first-order valence-corrected chi connectivity index (χ1v) is 19.0. The largest absolute Gasteiger partial charge is 0.281 e. The maximum atomic E-state index is 4.61. The number of pyridine rings is 2.